The first-order chi connectivity index (χ1) is 18.0. The molecule has 0 amide bonds. The molecule has 1 nitrogen and oxygen atoms in total. The quantitative estimate of drug-likeness (QED) is 0.186. The Bertz CT molecular complexity index is 1180. The molecule has 0 aliphatic heterocycles. The Morgan fingerprint density at radius 3 is 2.14 bits per heavy atom. The molecule has 3 aromatic rings. The number of benzene rings is 3. The van der Waals surface area contributed by atoms with E-state index in [1.807, 2.05) is 30.3 Å². The van der Waals surface area contributed by atoms with Gasteiger partial charge in [-0.15, -0.1) is 6.58 Å². The van der Waals surface area contributed by atoms with Crippen LogP contribution in [-0.4, -0.2) is 6.61 Å². The van der Waals surface area contributed by atoms with Gasteiger partial charge in [-0.1, -0.05) is 75.1 Å². The summed E-state index contributed by atoms with van der Waals surface area (Å²) in [5.41, 5.74) is 3.11. The van der Waals surface area contributed by atoms with Gasteiger partial charge < -0.3 is 4.74 Å². The van der Waals surface area contributed by atoms with Gasteiger partial charge in [0.05, 0.1) is 6.61 Å². The normalized spacial score (nSPS) is 17.5. The van der Waals surface area contributed by atoms with E-state index in [0.29, 0.717) is 18.1 Å². The molecule has 0 unspecified atom stereocenters. The van der Waals surface area contributed by atoms with E-state index in [2.05, 4.69) is 13.5 Å². The topological polar surface area (TPSA) is 9.23 Å². The third-order valence-corrected chi connectivity index (χ3v) is 7.63. The highest BCUT2D eigenvalue weighted by atomic mass is 19.2. The molecule has 0 spiro atoms. The molecule has 3 aromatic carbocycles. The zero-order valence-electron chi connectivity index (χ0n) is 21.7. The molecule has 0 radical (unpaired) electrons. The maximum absolute atomic E-state index is 15.0. The largest absolute Gasteiger partial charge is 0.490 e. The van der Waals surface area contributed by atoms with E-state index in [0.717, 1.165) is 68.1 Å². The third kappa shape index (κ3) is 6.66. The fraction of sp³-hybridized carbons (Fsp3) is 0.394. The number of rotatable bonds is 11. The van der Waals surface area contributed by atoms with Crippen LogP contribution < -0.4 is 4.74 Å². The second kappa shape index (κ2) is 13.0. The van der Waals surface area contributed by atoms with Gasteiger partial charge in [-0.3, -0.25) is 0 Å². The summed E-state index contributed by atoms with van der Waals surface area (Å²) in [7, 11) is 0. The van der Waals surface area contributed by atoms with E-state index in [9.17, 15) is 8.78 Å². The summed E-state index contributed by atoms with van der Waals surface area (Å²) in [5, 5.41) is 0. The highest BCUT2D eigenvalue weighted by Crippen LogP contribution is 2.38. The molecular weight excluding hydrogens is 469 g/mol. The Morgan fingerprint density at radius 2 is 1.46 bits per heavy atom. The Hall–Kier alpha value is -3.01. The fourth-order valence-electron chi connectivity index (χ4n) is 5.30. The highest BCUT2D eigenvalue weighted by molar-refractivity contribution is 5.71. The van der Waals surface area contributed by atoms with Crippen molar-refractivity contribution >= 4 is 0 Å². The Labute approximate surface area is 219 Å². The third-order valence-electron chi connectivity index (χ3n) is 7.63. The van der Waals surface area contributed by atoms with Gasteiger partial charge in [0, 0.05) is 5.56 Å². The summed E-state index contributed by atoms with van der Waals surface area (Å²) in [6.07, 6.45) is 11.4. The summed E-state index contributed by atoms with van der Waals surface area (Å²) in [4.78, 5) is 0. The van der Waals surface area contributed by atoms with Crippen LogP contribution in [0.3, 0.4) is 0 Å². The van der Waals surface area contributed by atoms with Gasteiger partial charge in [0.25, 0.3) is 0 Å². The maximum Gasteiger partial charge on any atom is 0.201 e. The number of allylic oxidation sites excluding steroid dienone is 1. The lowest BCUT2D eigenvalue weighted by Crippen LogP contribution is -2.12. The van der Waals surface area contributed by atoms with Gasteiger partial charge in [0.15, 0.2) is 11.6 Å². The second-order valence-corrected chi connectivity index (χ2v) is 10.2. The van der Waals surface area contributed by atoms with Crippen molar-refractivity contribution in [3.63, 3.8) is 0 Å². The zero-order valence-corrected chi connectivity index (χ0v) is 21.7. The van der Waals surface area contributed by atoms with Gasteiger partial charge in [0.1, 0.15) is 5.82 Å². The first kappa shape index (κ1) is 27.0. The molecule has 0 atom stereocenters. The first-order valence-electron chi connectivity index (χ1n) is 13.7. The van der Waals surface area contributed by atoms with E-state index >= 15 is 4.39 Å². The van der Waals surface area contributed by atoms with E-state index in [4.69, 9.17) is 4.74 Å². The minimum Gasteiger partial charge on any atom is -0.490 e. The standard InChI is InChI=1S/C33H37F3O/c1-3-5-6-7-8-21-37-31-20-19-29(32(35)33(31)36)26-15-13-24(14-16-26)27-17-18-28(30(34)22-27)25-11-9-23(4-2)10-12-25/h4,13-20,22-23,25H,2-3,5-12,21H2,1H3. The number of ether oxygens (including phenoxy) is 1. The van der Waals surface area contributed by atoms with Crippen molar-refractivity contribution in [1.29, 1.82) is 0 Å². The molecule has 1 fully saturated rings. The van der Waals surface area contributed by atoms with Crippen LogP contribution in [0.5, 0.6) is 5.75 Å². The van der Waals surface area contributed by atoms with Crippen LogP contribution in [-0.2, 0) is 0 Å². The second-order valence-electron chi connectivity index (χ2n) is 10.2. The molecule has 0 saturated heterocycles. The van der Waals surface area contributed by atoms with Crippen molar-refractivity contribution in [3.05, 3.63) is 90.3 Å². The van der Waals surface area contributed by atoms with Crippen LogP contribution in [0.2, 0.25) is 0 Å². The number of hydrogen-bond donors (Lipinski definition) is 0. The van der Waals surface area contributed by atoms with Gasteiger partial charge in [-0.2, -0.15) is 4.39 Å². The minimum atomic E-state index is -0.963. The van der Waals surface area contributed by atoms with E-state index in [-0.39, 0.29) is 23.0 Å². The summed E-state index contributed by atoms with van der Waals surface area (Å²) < 4.78 is 50.0. The lowest BCUT2D eigenvalue weighted by Gasteiger charge is -2.27. The summed E-state index contributed by atoms with van der Waals surface area (Å²) in [6.45, 7) is 6.41. The van der Waals surface area contributed by atoms with Crippen LogP contribution >= 0.6 is 0 Å². The van der Waals surface area contributed by atoms with E-state index in [1.54, 1.807) is 24.3 Å². The van der Waals surface area contributed by atoms with Crippen LogP contribution in [0.4, 0.5) is 13.2 Å². The number of unbranched alkanes of at least 4 members (excludes halogenated alkanes) is 4. The fourth-order valence-corrected chi connectivity index (χ4v) is 5.30. The van der Waals surface area contributed by atoms with Crippen LogP contribution in [0.1, 0.15) is 76.2 Å². The predicted molar refractivity (Wildman–Crippen MR) is 146 cm³/mol. The SMILES string of the molecule is C=CC1CCC(c2ccc(-c3ccc(-c4ccc(OCCCCCCC)c(F)c4F)cc3)cc2F)CC1. The molecule has 196 valence electrons. The molecule has 1 aliphatic carbocycles. The lowest BCUT2D eigenvalue weighted by atomic mass is 9.78. The monoisotopic (exact) mass is 506 g/mol. The van der Waals surface area contributed by atoms with E-state index in [1.165, 1.54) is 12.5 Å². The molecule has 0 bridgehead atoms. The molecule has 0 N–H and O–H groups in total. The molecule has 0 heterocycles. The Balaban J connectivity index is 1.42. The van der Waals surface area contributed by atoms with Crippen molar-refractivity contribution in [3.8, 4) is 28.0 Å². The average molecular weight is 507 g/mol. The van der Waals surface area contributed by atoms with Gasteiger partial charge in [-0.25, -0.2) is 8.78 Å². The summed E-state index contributed by atoms with van der Waals surface area (Å²) in [6, 6.07) is 15.6. The molecular formula is C33H37F3O. The van der Waals surface area contributed by atoms with Crippen molar-refractivity contribution < 1.29 is 17.9 Å². The minimum absolute atomic E-state index is 0.0538. The van der Waals surface area contributed by atoms with Crippen molar-refractivity contribution in [1.82, 2.24) is 0 Å². The number of halogens is 3. The van der Waals surface area contributed by atoms with Crippen molar-refractivity contribution in [2.24, 2.45) is 5.92 Å². The Morgan fingerprint density at radius 1 is 0.784 bits per heavy atom. The zero-order chi connectivity index (χ0) is 26.2. The number of hydrogen-bond acceptors (Lipinski definition) is 1. The van der Waals surface area contributed by atoms with Crippen molar-refractivity contribution in [2.45, 2.75) is 70.6 Å². The van der Waals surface area contributed by atoms with Crippen molar-refractivity contribution in [2.75, 3.05) is 6.61 Å². The van der Waals surface area contributed by atoms with Gasteiger partial charge in [0.2, 0.25) is 5.82 Å². The molecule has 4 rings (SSSR count). The molecule has 4 heteroatoms. The summed E-state index contributed by atoms with van der Waals surface area (Å²) >= 11 is 0. The maximum atomic E-state index is 15.0. The average Bonchev–Trinajstić information content (AvgIpc) is 2.93. The molecule has 1 saturated carbocycles. The van der Waals surface area contributed by atoms with Crippen LogP contribution in [0.15, 0.2) is 67.3 Å². The van der Waals surface area contributed by atoms with Gasteiger partial charge in [-0.05, 0) is 84.4 Å². The Kier molecular flexibility index (Phi) is 9.49. The molecule has 37 heavy (non-hydrogen) atoms. The smallest absolute Gasteiger partial charge is 0.201 e. The first-order valence-corrected chi connectivity index (χ1v) is 13.7. The van der Waals surface area contributed by atoms with Crippen LogP contribution in [0.25, 0.3) is 22.3 Å². The predicted octanol–water partition coefficient (Wildman–Crippen LogP) is 10.2. The van der Waals surface area contributed by atoms with Gasteiger partial charge >= 0.3 is 0 Å². The molecule has 1 aliphatic rings. The van der Waals surface area contributed by atoms with Crippen LogP contribution in [0, 0.1) is 23.4 Å². The highest BCUT2D eigenvalue weighted by Gasteiger charge is 2.23. The van der Waals surface area contributed by atoms with E-state index < -0.39 is 11.6 Å². The summed E-state index contributed by atoms with van der Waals surface area (Å²) in [5.74, 6) is -1.33. The molecule has 0 aromatic heterocycles. The lowest BCUT2D eigenvalue weighted by molar-refractivity contribution is 0.285.